The zero-order chi connectivity index (χ0) is 17.4. The van der Waals surface area contributed by atoms with E-state index in [1.807, 2.05) is 40.7 Å². The lowest BCUT2D eigenvalue weighted by Crippen LogP contribution is -2.17. The molecule has 0 aliphatic carbocycles. The highest BCUT2D eigenvalue weighted by Gasteiger charge is 2.28. The highest BCUT2D eigenvalue weighted by Crippen LogP contribution is 2.33. The molecule has 0 fully saturated rings. The van der Waals surface area contributed by atoms with Crippen molar-refractivity contribution in [3.05, 3.63) is 32.0 Å². The molecule has 0 unspecified atom stereocenters. The van der Waals surface area contributed by atoms with Crippen molar-refractivity contribution in [1.29, 1.82) is 0 Å². The maximum Gasteiger partial charge on any atom is 0.350 e. The summed E-state index contributed by atoms with van der Waals surface area (Å²) in [4.78, 5) is 31.3. The molecule has 0 aliphatic rings. The number of hydrogen-bond acceptors (Lipinski definition) is 6. The lowest BCUT2D eigenvalue weighted by molar-refractivity contribution is 0.0603. The Kier molecular flexibility index (Phi) is 4.91. The monoisotopic (exact) mass is 352 g/mol. The van der Waals surface area contributed by atoms with E-state index in [-0.39, 0.29) is 11.3 Å². The number of carbonyl (C=O) groups excluding carboxylic acids is 2. The van der Waals surface area contributed by atoms with Crippen molar-refractivity contribution in [3.8, 4) is 0 Å². The molecule has 2 aromatic heterocycles. The Morgan fingerprint density at radius 2 is 1.87 bits per heavy atom. The maximum absolute atomic E-state index is 12.4. The van der Waals surface area contributed by atoms with Crippen LogP contribution < -0.4 is 5.32 Å². The van der Waals surface area contributed by atoms with Crippen molar-refractivity contribution in [2.75, 3.05) is 12.4 Å². The van der Waals surface area contributed by atoms with Crippen LogP contribution in [0.2, 0.25) is 0 Å². The van der Waals surface area contributed by atoms with Gasteiger partial charge >= 0.3 is 5.97 Å². The third kappa shape index (κ3) is 3.79. The number of methoxy groups -OCH3 is 1. The Labute approximate surface area is 143 Å². The summed E-state index contributed by atoms with van der Waals surface area (Å²) in [5.74, 6) is -0.645. The Morgan fingerprint density at radius 1 is 1.22 bits per heavy atom. The molecule has 2 aromatic rings. The van der Waals surface area contributed by atoms with Crippen LogP contribution in [0.4, 0.5) is 5.13 Å². The quantitative estimate of drug-likeness (QED) is 0.842. The molecule has 0 saturated heterocycles. The number of rotatable bonds is 3. The molecule has 23 heavy (non-hydrogen) atoms. The number of esters is 1. The molecule has 0 radical (unpaired) electrons. The number of nitrogens with zero attached hydrogens (tertiary/aromatic N) is 1. The first-order chi connectivity index (χ1) is 10.6. The van der Waals surface area contributed by atoms with Gasteiger partial charge in [-0.2, -0.15) is 0 Å². The molecule has 7 heteroatoms. The van der Waals surface area contributed by atoms with Crippen molar-refractivity contribution < 1.29 is 14.3 Å². The van der Waals surface area contributed by atoms with Crippen LogP contribution in [0.1, 0.15) is 56.2 Å². The van der Waals surface area contributed by atoms with E-state index in [2.05, 4.69) is 10.3 Å². The minimum absolute atomic E-state index is 0.211. The Balaban J connectivity index is 2.34. The third-order valence-electron chi connectivity index (χ3n) is 3.21. The number of ether oxygens (including phenoxy) is 1. The van der Waals surface area contributed by atoms with E-state index in [1.165, 1.54) is 7.11 Å². The second-order valence-corrected chi connectivity index (χ2v) is 8.68. The van der Waals surface area contributed by atoms with Crippen LogP contribution in [0.3, 0.4) is 0 Å². The molecule has 0 aromatic carbocycles. The van der Waals surface area contributed by atoms with Crippen LogP contribution >= 0.6 is 22.7 Å². The van der Waals surface area contributed by atoms with Crippen molar-refractivity contribution in [2.45, 2.75) is 40.0 Å². The van der Waals surface area contributed by atoms with E-state index >= 15 is 0 Å². The summed E-state index contributed by atoms with van der Waals surface area (Å²) in [6.07, 6.45) is 0. The topological polar surface area (TPSA) is 68.3 Å². The third-order valence-corrected chi connectivity index (χ3v) is 5.13. The average Bonchev–Trinajstić information content (AvgIpc) is 3.01. The summed E-state index contributed by atoms with van der Waals surface area (Å²) in [7, 11) is 1.34. The normalized spacial score (nSPS) is 11.4. The van der Waals surface area contributed by atoms with Gasteiger partial charge in [-0.15, -0.1) is 11.3 Å². The summed E-state index contributed by atoms with van der Waals surface area (Å²) in [5.41, 5.74) is 0.945. The molecule has 124 valence electrons. The van der Waals surface area contributed by atoms with E-state index in [9.17, 15) is 9.59 Å². The number of amides is 1. The van der Waals surface area contributed by atoms with Gasteiger partial charge in [-0.3, -0.25) is 10.1 Å². The van der Waals surface area contributed by atoms with Gasteiger partial charge in [0.2, 0.25) is 0 Å². The SMILES string of the molecule is COC(=O)c1sc(NC(=O)c2cc(C)sc2C)nc1C(C)(C)C. The number of anilines is 1. The molecule has 2 rings (SSSR count). The molecule has 0 spiro atoms. The molecular formula is C16H20N2O3S2. The number of thiophene rings is 1. The molecule has 0 atom stereocenters. The molecule has 0 aliphatic heterocycles. The smallest absolute Gasteiger partial charge is 0.350 e. The summed E-state index contributed by atoms with van der Waals surface area (Å²) in [5, 5.41) is 3.20. The van der Waals surface area contributed by atoms with Crippen LogP contribution in [0, 0.1) is 13.8 Å². The second kappa shape index (κ2) is 6.41. The fraction of sp³-hybridized carbons (Fsp3) is 0.438. The van der Waals surface area contributed by atoms with Crippen molar-refractivity contribution >= 4 is 39.7 Å². The fourth-order valence-electron chi connectivity index (χ4n) is 2.13. The van der Waals surface area contributed by atoms with Crippen molar-refractivity contribution in [3.63, 3.8) is 0 Å². The van der Waals surface area contributed by atoms with Gasteiger partial charge in [-0.05, 0) is 19.9 Å². The van der Waals surface area contributed by atoms with Gasteiger partial charge in [0.25, 0.3) is 5.91 Å². The molecule has 2 heterocycles. The zero-order valence-corrected chi connectivity index (χ0v) is 15.7. The first kappa shape index (κ1) is 17.6. The van der Waals surface area contributed by atoms with Crippen molar-refractivity contribution in [1.82, 2.24) is 4.98 Å². The van der Waals surface area contributed by atoms with Gasteiger partial charge in [0.15, 0.2) is 5.13 Å². The van der Waals surface area contributed by atoms with Gasteiger partial charge < -0.3 is 4.74 Å². The van der Waals surface area contributed by atoms with E-state index in [4.69, 9.17) is 4.74 Å². The predicted octanol–water partition coefficient (Wildman–Crippen LogP) is 4.16. The number of thiazole rings is 1. The summed E-state index contributed by atoms with van der Waals surface area (Å²) in [6.45, 7) is 9.77. The minimum Gasteiger partial charge on any atom is -0.465 e. The highest BCUT2D eigenvalue weighted by atomic mass is 32.1. The van der Waals surface area contributed by atoms with E-state index in [1.54, 1.807) is 11.3 Å². The predicted molar refractivity (Wildman–Crippen MR) is 93.9 cm³/mol. The lowest BCUT2D eigenvalue weighted by Gasteiger charge is -2.16. The number of aromatic nitrogens is 1. The maximum atomic E-state index is 12.4. The second-order valence-electron chi connectivity index (χ2n) is 6.22. The largest absolute Gasteiger partial charge is 0.465 e. The number of hydrogen-bond donors (Lipinski definition) is 1. The average molecular weight is 352 g/mol. The lowest BCUT2D eigenvalue weighted by atomic mass is 9.91. The van der Waals surface area contributed by atoms with Gasteiger partial charge in [-0.25, -0.2) is 9.78 Å². The molecule has 1 amide bonds. The molecule has 0 bridgehead atoms. The van der Waals surface area contributed by atoms with Crippen LogP contribution in [0.5, 0.6) is 0 Å². The van der Waals surface area contributed by atoms with Crippen molar-refractivity contribution in [2.24, 2.45) is 0 Å². The first-order valence-electron chi connectivity index (χ1n) is 7.11. The Morgan fingerprint density at radius 3 is 2.35 bits per heavy atom. The summed E-state index contributed by atoms with van der Waals surface area (Å²) < 4.78 is 4.82. The first-order valence-corrected chi connectivity index (χ1v) is 8.74. The zero-order valence-electron chi connectivity index (χ0n) is 14.1. The highest BCUT2D eigenvalue weighted by molar-refractivity contribution is 7.17. The van der Waals surface area contributed by atoms with Crippen LogP contribution in [-0.4, -0.2) is 24.0 Å². The van der Waals surface area contributed by atoms with Gasteiger partial charge in [0.05, 0.1) is 18.4 Å². The number of carbonyl (C=O) groups is 2. The number of aryl methyl sites for hydroxylation is 2. The summed E-state index contributed by atoms with van der Waals surface area (Å²) >= 11 is 2.72. The Bertz CT molecular complexity index is 754. The van der Waals surface area contributed by atoms with E-state index in [0.29, 0.717) is 21.3 Å². The molecule has 1 N–H and O–H groups in total. The Hall–Kier alpha value is -1.73. The standard InChI is InChI=1S/C16H20N2O3S2/c1-8-7-10(9(2)22-8)13(19)18-15-17-12(16(3,4)5)11(23-15)14(20)21-6/h7H,1-6H3,(H,17,18,19). The van der Waals surface area contributed by atoms with E-state index in [0.717, 1.165) is 21.1 Å². The van der Waals surface area contributed by atoms with Crippen LogP contribution in [-0.2, 0) is 10.2 Å². The molecule has 0 saturated carbocycles. The fourth-order valence-corrected chi connectivity index (χ4v) is 4.14. The van der Waals surface area contributed by atoms with Crippen LogP contribution in [0.25, 0.3) is 0 Å². The minimum atomic E-state index is -0.435. The van der Waals surface area contributed by atoms with Gasteiger partial charge in [0.1, 0.15) is 4.88 Å². The molecule has 5 nitrogen and oxygen atoms in total. The van der Waals surface area contributed by atoms with Gasteiger partial charge in [0, 0.05) is 15.2 Å². The van der Waals surface area contributed by atoms with Gasteiger partial charge in [-0.1, -0.05) is 32.1 Å². The molecular weight excluding hydrogens is 332 g/mol. The summed E-state index contributed by atoms with van der Waals surface area (Å²) in [6, 6.07) is 1.86. The number of nitrogens with one attached hydrogen (secondary N) is 1. The van der Waals surface area contributed by atoms with Crippen LogP contribution in [0.15, 0.2) is 6.07 Å². The van der Waals surface area contributed by atoms with E-state index < -0.39 is 5.97 Å².